The van der Waals surface area contributed by atoms with Crippen molar-refractivity contribution in [2.24, 2.45) is 5.92 Å². The maximum absolute atomic E-state index is 13.7. The number of aromatic nitrogens is 2. The Labute approximate surface area is 167 Å². The summed E-state index contributed by atoms with van der Waals surface area (Å²) >= 11 is 0. The van der Waals surface area contributed by atoms with E-state index in [1.165, 1.54) is 23.0 Å². The van der Waals surface area contributed by atoms with Crippen molar-refractivity contribution < 1.29 is 24.2 Å². The lowest BCUT2D eigenvalue weighted by atomic mass is 10.0. The van der Waals surface area contributed by atoms with Gasteiger partial charge in [0.2, 0.25) is 0 Å². The second-order valence-corrected chi connectivity index (χ2v) is 7.31. The molecule has 158 valence electrons. The summed E-state index contributed by atoms with van der Waals surface area (Å²) in [5.74, 6) is -2.58. The lowest BCUT2D eigenvalue weighted by Gasteiger charge is -2.20. The number of carbonyl (C=O) groups is 2. The van der Waals surface area contributed by atoms with E-state index in [0.29, 0.717) is 12.0 Å². The molecule has 0 saturated carbocycles. The van der Waals surface area contributed by atoms with Gasteiger partial charge < -0.3 is 15.5 Å². The second kappa shape index (κ2) is 10.0. The Kier molecular flexibility index (Phi) is 7.72. The minimum atomic E-state index is -1.26. The molecule has 0 fully saturated rings. The first-order valence-corrected chi connectivity index (χ1v) is 9.40. The SMILES string of the molecule is CC(C)CC(NCC(C(=O)O)n1ccn(CCc2ccccc2F)c1=O)C(=O)O. The quantitative estimate of drug-likeness (QED) is 0.523. The van der Waals surface area contributed by atoms with Crippen molar-refractivity contribution in [3.8, 4) is 0 Å². The van der Waals surface area contributed by atoms with Crippen LogP contribution in [0.15, 0.2) is 41.5 Å². The molecule has 1 aromatic heterocycles. The van der Waals surface area contributed by atoms with Crippen LogP contribution in [0.2, 0.25) is 0 Å². The molecule has 0 aliphatic carbocycles. The van der Waals surface area contributed by atoms with Crippen LogP contribution >= 0.6 is 0 Å². The van der Waals surface area contributed by atoms with Crippen molar-refractivity contribution >= 4 is 11.9 Å². The van der Waals surface area contributed by atoms with Crippen molar-refractivity contribution in [3.63, 3.8) is 0 Å². The number of benzene rings is 1. The zero-order chi connectivity index (χ0) is 21.6. The molecule has 8 nitrogen and oxygen atoms in total. The predicted octanol–water partition coefficient (Wildman–Crippen LogP) is 1.75. The van der Waals surface area contributed by atoms with Crippen LogP contribution in [0, 0.1) is 11.7 Å². The Morgan fingerprint density at radius 1 is 1.14 bits per heavy atom. The first-order valence-electron chi connectivity index (χ1n) is 9.40. The van der Waals surface area contributed by atoms with Gasteiger partial charge in [-0.2, -0.15) is 0 Å². The molecule has 2 rings (SSSR count). The van der Waals surface area contributed by atoms with Crippen molar-refractivity contribution in [1.82, 2.24) is 14.5 Å². The van der Waals surface area contributed by atoms with Gasteiger partial charge in [-0.3, -0.25) is 13.9 Å². The smallest absolute Gasteiger partial charge is 0.328 e. The van der Waals surface area contributed by atoms with Gasteiger partial charge in [0, 0.05) is 25.5 Å². The zero-order valence-electron chi connectivity index (χ0n) is 16.4. The molecule has 0 radical (unpaired) electrons. The van der Waals surface area contributed by atoms with E-state index in [1.54, 1.807) is 18.2 Å². The fraction of sp³-hybridized carbons (Fsp3) is 0.450. The van der Waals surface area contributed by atoms with Gasteiger partial charge in [-0.15, -0.1) is 0 Å². The van der Waals surface area contributed by atoms with E-state index in [4.69, 9.17) is 0 Å². The Balaban J connectivity index is 2.11. The molecule has 3 N–H and O–H groups in total. The monoisotopic (exact) mass is 407 g/mol. The van der Waals surface area contributed by atoms with Crippen LogP contribution in [0.25, 0.3) is 0 Å². The molecule has 9 heteroatoms. The van der Waals surface area contributed by atoms with Crippen LogP contribution in [0.5, 0.6) is 0 Å². The van der Waals surface area contributed by atoms with Crippen LogP contribution in [0.1, 0.15) is 31.9 Å². The summed E-state index contributed by atoms with van der Waals surface area (Å²) in [7, 11) is 0. The standard InChI is InChI=1S/C20H26FN3O5/c1-13(2)11-16(18(25)26)22-12-17(19(27)28)24-10-9-23(20(24)29)8-7-14-5-3-4-6-15(14)21/h3-6,9-10,13,16-17,22H,7-8,11-12H2,1-2H3,(H,25,26)(H,27,28). The van der Waals surface area contributed by atoms with E-state index < -0.39 is 29.7 Å². The second-order valence-electron chi connectivity index (χ2n) is 7.31. The first-order chi connectivity index (χ1) is 13.7. The number of rotatable bonds is 11. The van der Waals surface area contributed by atoms with Gasteiger partial charge in [-0.1, -0.05) is 32.0 Å². The van der Waals surface area contributed by atoms with Gasteiger partial charge >= 0.3 is 17.6 Å². The summed E-state index contributed by atoms with van der Waals surface area (Å²) in [5.41, 5.74) is -0.0899. The van der Waals surface area contributed by atoms with Crippen molar-refractivity contribution in [2.45, 2.75) is 45.3 Å². The molecule has 2 unspecified atom stereocenters. The predicted molar refractivity (Wildman–Crippen MR) is 104 cm³/mol. The highest BCUT2D eigenvalue weighted by molar-refractivity contribution is 5.74. The third kappa shape index (κ3) is 6.02. The highest BCUT2D eigenvalue weighted by atomic mass is 19.1. The highest BCUT2D eigenvalue weighted by Gasteiger charge is 2.26. The Morgan fingerprint density at radius 2 is 1.83 bits per heavy atom. The lowest BCUT2D eigenvalue weighted by molar-refractivity contribution is -0.143. The zero-order valence-corrected chi connectivity index (χ0v) is 16.4. The van der Waals surface area contributed by atoms with E-state index in [0.717, 1.165) is 4.57 Å². The summed E-state index contributed by atoms with van der Waals surface area (Å²) in [6, 6.07) is 4.08. The van der Waals surface area contributed by atoms with Gasteiger partial charge in [-0.25, -0.2) is 14.0 Å². The average molecular weight is 407 g/mol. The summed E-state index contributed by atoms with van der Waals surface area (Å²) < 4.78 is 16.1. The lowest BCUT2D eigenvalue weighted by Crippen LogP contribution is -2.44. The minimum absolute atomic E-state index is 0.106. The van der Waals surface area contributed by atoms with E-state index >= 15 is 0 Å². The fourth-order valence-corrected chi connectivity index (χ4v) is 3.08. The molecule has 0 spiro atoms. The van der Waals surface area contributed by atoms with Gasteiger partial charge in [0.15, 0.2) is 0 Å². The number of aliphatic carboxylic acids is 2. The molecule has 0 aliphatic rings. The number of carboxylic acids is 2. The van der Waals surface area contributed by atoms with E-state index in [2.05, 4.69) is 5.32 Å². The van der Waals surface area contributed by atoms with E-state index in [9.17, 15) is 29.0 Å². The molecule has 2 atom stereocenters. The van der Waals surface area contributed by atoms with Crippen LogP contribution in [0.3, 0.4) is 0 Å². The molecule has 0 bridgehead atoms. The highest BCUT2D eigenvalue weighted by Crippen LogP contribution is 2.10. The molecule has 1 heterocycles. The van der Waals surface area contributed by atoms with Crippen LogP contribution in [-0.2, 0) is 22.6 Å². The number of imidazole rings is 1. The molecule has 1 aromatic carbocycles. The minimum Gasteiger partial charge on any atom is -0.480 e. The largest absolute Gasteiger partial charge is 0.480 e. The van der Waals surface area contributed by atoms with Gasteiger partial charge in [0.25, 0.3) is 0 Å². The molecule has 0 saturated heterocycles. The number of nitrogens with zero attached hydrogens (tertiary/aromatic N) is 2. The number of aryl methyl sites for hydroxylation is 2. The van der Waals surface area contributed by atoms with Gasteiger partial charge in [-0.05, 0) is 30.4 Å². The Bertz CT molecular complexity index is 906. The molecule has 2 aromatic rings. The summed E-state index contributed by atoms with van der Waals surface area (Å²) in [6.45, 7) is 3.72. The van der Waals surface area contributed by atoms with Crippen LogP contribution < -0.4 is 11.0 Å². The molecule has 0 amide bonds. The maximum Gasteiger partial charge on any atom is 0.328 e. The topological polar surface area (TPSA) is 114 Å². The van der Waals surface area contributed by atoms with Gasteiger partial charge in [0.05, 0.1) is 0 Å². The molecule has 0 aliphatic heterocycles. The van der Waals surface area contributed by atoms with E-state index in [1.807, 2.05) is 13.8 Å². The summed E-state index contributed by atoms with van der Waals surface area (Å²) in [6.07, 6.45) is 3.41. The van der Waals surface area contributed by atoms with E-state index in [-0.39, 0.29) is 31.2 Å². The van der Waals surface area contributed by atoms with Crippen molar-refractivity contribution in [3.05, 3.63) is 58.5 Å². The van der Waals surface area contributed by atoms with Crippen LogP contribution in [0.4, 0.5) is 4.39 Å². The number of hydrogen-bond donors (Lipinski definition) is 3. The fourth-order valence-electron chi connectivity index (χ4n) is 3.08. The first kappa shape index (κ1) is 22.4. The van der Waals surface area contributed by atoms with Crippen molar-refractivity contribution in [1.29, 1.82) is 0 Å². The number of hydrogen-bond acceptors (Lipinski definition) is 4. The van der Waals surface area contributed by atoms with Gasteiger partial charge in [0.1, 0.15) is 17.9 Å². The number of carboxylic acid groups (broad SMARTS) is 2. The summed E-state index contributed by atoms with van der Waals surface area (Å²) in [5, 5.41) is 21.6. The van der Waals surface area contributed by atoms with Crippen LogP contribution in [-0.4, -0.2) is 43.9 Å². The van der Waals surface area contributed by atoms with Crippen molar-refractivity contribution in [2.75, 3.05) is 6.54 Å². The summed E-state index contributed by atoms with van der Waals surface area (Å²) in [4.78, 5) is 35.6. The molecule has 29 heavy (non-hydrogen) atoms. The molecular formula is C20H26FN3O5. The third-order valence-corrected chi connectivity index (χ3v) is 4.64. The Hall–Kier alpha value is -2.94. The normalized spacial score (nSPS) is 13.4. The third-order valence-electron chi connectivity index (χ3n) is 4.64. The number of nitrogens with one attached hydrogen (secondary N) is 1. The maximum atomic E-state index is 13.7. The Morgan fingerprint density at radius 3 is 2.41 bits per heavy atom. The molecular weight excluding hydrogens is 381 g/mol. The number of halogens is 1. The average Bonchev–Trinajstić information content (AvgIpc) is 3.00.